The molecule has 0 unspecified atom stereocenters. The Labute approximate surface area is 137 Å². The number of nitrogens with zero attached hydrogens (tertiary/aromatic N) is 2. The van der Waals surface area contributed by atoms with Crippen LogP contribution in [0.25, 0.3) is 11.3 Å². The van der Waals surface area contributed by atoms with Crippen LogP contribution in [0.4, 0.5) is 4.39 Å². The molecule has 1 saturated carbocycles. The van der Waals surface area contributed by atoms with Crippen molar-refractivity contribution in [2.45, 2.75) is 25.3 Å². The Bertz CT molecular complexity index is 959. The number of H-pyrrole nitrogens is 1. The highest BCUT2D eigenvalue weighted by Crippen LogP contribution is 2.51. The number of nitrogens with one attached hydrogen (secondary N) is 1. The van der Waals surface area contributed by atoms with E-state index < -0.39 is 0 Å². The summed E-state index contributed by atoms with van der Waals surface area (Å²) < 4.78 is 14.6. The van der Waals surface area contributed by atoms with Crippen molar-refractivity contribution in [3.63, 3.8) is 0 Å². The third kappa shape index (κ3) is 2.40. The largest absolute Gasteiger partial charge is 0.493 e. The summed E-state index contributed by atoms with van der Waals surface area (Å²) in [6.07, 6.45) is 3.88. The van der Waals surface area contributed by atoms with Gasteiger partial charge >= 0.3 is 5.69 Å². The minimum Gasteiger partial charge on any atom is -0.493 e. The molecule has 2 N–H and O–H groups in total. The Morgan fingerprint density at radius 1 is 1.33 bits per heavy atom. The molecule has 0 radical (unpaired) electrons. The van der Waals surface area contributed by atoms with E-state index in [1.165, 1.54) is 22.9 Å². The maximum atomic E-state index is 13.2. The summed E-state index contributed by atoms with van der Waals surface area (Å²) in [5.74, 6) is -0.135. The predicted molar refractivity (Wildman–Crippen MR) is 87.5 cm³/mol. The van der Waals surface area contributed by atoms with Crippen LogP contribution in [-0.2, 0) is 0 Å². The smallest absolute Gasteiger partial charge is 0.328 e. The van der Waals surface area contributed by atoms with E-state index in [9.17, 15) is 14.3 Å². The average Bonchev–Trinajstić information content (AvgIpc) is 3.26. The van der Waals surface area contributed by atoms with Crippen LogP contribution in [0.15, 0.2) is 47.5 Å². The van der Waals surface area contributed by atoms with Gasteiger partial charge in [0.05, 0.1) is 11.9 Å². The van der Waals surface area contributed by atoms with Crippen LogP contribution in [0.5, 0.6) is 5.88 Å². The number of imidazole rings is 1. The maximum absolute atomic E-state index is 13.2. The van der Waals surface area contributed by atoms with Crippen LogP contribution in [0.3, 0.4) is 0 Å². The van der Waals surface area contributed by atoms with E-state index >= 15 is 0 Å². The second-order valence-corrected chi connectivity index (χ2v) is 6.17. The molecule has 1 aromatic carbocycles. The number of pyridine rings is 1. The minimum absolute atomic E-state index is 0.0380. The lowest BCUT2D eigenvalue weighted by Crippen LogP contribution is -2.15. The summed E-state index contributed by atoms with van der Waals surface area (Å²) in [5, 5.41) is 9.74. The third-order valence-corrected chi connectivity index (χ3v) is 4.56. The van der Waals surface area contributed by atoms with Crippen molar-refractivity contribution < 1.29 is 9.50 Å². The highest BCUT2D eigenvalue weighted by atomic mass is 19.1. The van der Waals surface area contributed by atoms with Crippen molar-refractivity contribution in [3.05, 3.63) is 70.2 Å². The number of aromatic hydroxyl groups is 1. The first-order chi connectivity index (χ1) is 11.5. The van der Waals surface area contributed by atoms with Crippen molar-refractivity contribution in [1.82, 2.24) is 14.5 Å². The SMILES string of the molecule is Cc1cc(F)ccc1-c1ccc([C@@H]2C[C@H]2n2c(O)c[nH]c2=O)cn1. The van der Waals surface area contributed by atoms with E-state index in [2.05, 4.69) is 9.97 Å². The zero-order chi connectivity index (χ0) is 16.8. The number of hydrogen-bond donors (Lipinski definition) is 2. The molecule has 0 aliphatic heterocycles. The molecule has 0 bridgehead atoms. The molecule has 2 aromatic heterocycles. The van der Waals surface area contributed by atoms with Gasteiger partial charge in [-0.1, -0.05) is 6.07 Å². The van der Waals surface area contributed by atoms with Gasteiger partial charge in [0, 0.05) is 23.7 Å². The molecule has 1 aliphatic carbocycles. The average molecular weight is 325 g/mol. The molecule has 0 saturated heterocycles. The number of rotatable bonds is 3. The molecule has 0 amide bonds. The van der Waals surface area contributed by atoms with Crippen molar-refractivity contribution in [1.29, 1.82) is 0 Å². The fraction of sp³-hybridized carbons (Fsp3) is 0.222. The molecule has 2 atom stereocenters. The molecule has 3 aromatic rings. The van der Waals surface area contributed by atoms with Crippen LogP contribution < -0.4 is 5.69 Å². The summed E-state index contributed by atoms with van der Waals surface area (Å²) in [4.78, 5) is 18.7. The first-order valence-corrected chi connectivity index (χ1v) is 7.76. The topological polar surface area (TPSA) is 70.9 Å². The Balaban J connectivity index is 1.58. The van der Waals surface area contributed by atoms with E-state index in [-0.39, 0.29) is 29.3 Å². The highest BCUT2D eigenvalue weighted by molar-refractivity contribution is 5.63. The number of hydrogen-bond acceptors (Lipinski definition) is 3. The molecule has 1 fully saturated rings. The normalized spacial score (nSPS) is 19.4. The zero-order valence-electron chi connectivity index (χ0n) is 13.0. The summed E-state index contributed by atoms with van der Waals surface area (Å²) >= 11 is 0. The molecular formula is C18H16FN3O2. The Morgan fingerprint density at radius 3 is 2.79 bits per heavy atom. The van der Waals surface area contributed by atoms with Crippen LogP contribution in [-0.4, -0.2) is 19.6 Å². The van der Waals surface area contributed by atoms with Gasteiger partial charge in [0.1, 0.15) is 5.82 Å². The summed E-state index contributed by atoms with van der Waals surface area (Å²) in [7, 11) is 0. The van der Waals surface area contributed by atoms with Gasteiger partial charge in [0.2, 0.25) is 5.88 Å². The second-order valence-electron chi connectivity index (χ2n) is 6.17. The van der Waals surface area contributed by atoms with Gasteiger partial charge in [-0.2, -0.15) is 0 Å². The third-order valence-electron chi connectivity index (χ3n) is 4.56. The van der Waals surface area contributed by atoms with Gasteiger partial charge in [0.25, 0.3) is 0 Å². The molecule has 24 heavy (non-hydrogen) atoms. The van der Waals surface area contributed by atoms with Crippen molar-refractivity contribution >= 4 is 0 Å². The number of halogens is 1. The molecule has 6 heteroatoms. The van der Waals surface area contributed by atoms with Crippen molar-refractivity contribution in [2.75, 3.05) is 0 Å². The van der Waals surface area contributed by atoms with E-state index in [0.29, 0.717) is 0 Å². The van der Waals surface area contributed by atoms with Crippen LogP contribution in [0, 0.1) is 12.7 Å². The molecule has 5 nitrogen and oxygen atoms in total. The maximum Gasteiger partial charge on any atom is 0.328 e. The Morgan fingerprint density at radius 2 is 2.17 bits per heavy atom. The van der Waals surface area contributed by atoms with E-state index in [1.54, 1.807) is 12.3 Å². The lowest BCUT2D eigenvalue weighted by molar-refractivity contribution is 0.413. The predicted octanol–water partition coefficient (Wildman–Crippen LogP) is 3.12. The van der Waals surface area contributed by atoms with E-state index in [0.717, 1.165) is 28.8 Å². The lowest BCUT2D eigenvalue weighted by Gasteiger charge is -2.07. The fourth-order valence-corrected chi connectivity index (χ4v) is 3.21. The molecule has 1 aliphatic rings. The van der Waals surface area contributed by atoms with Gasteiger partial charge in [-0.15, -0.1) is 0 Å². The molecule has 4 rings (SSSR count). The number of aromatic amines is 1. The van der Waals surface area contributed by atoms with E-state index in [4.69, 9.17) is 0 Å². The van der Waals surface area contributed by atoms with Gasteiger partial charge < -0.3 is 10.1 Å². The van der Waals surface area contributed by atoms with Gasteiger partial charge in [-0.25, -0.2) is 9.18 Å². The monoisotopic (exact) mass is 325 g/mol. The highest BCUT2D eigenvalue weighted by Gasteiger charge is 2.42. The first-order valence-electron chi connectivity index (χ1n) is 7.76. The zero-order valence-corrected chi connectivity index (χ0v) is 13.0. The molecular weight excluding hydrogens is 309 g/mol. The summed E-state index contributed by atoms with van der Waals surface area (Å²) in [6.45, 7) is 1.85. The molecule has 2 heterocycles. The Kier molecular flexibility index (Phi) is 3.26. The number of aromatic nitrogens is 3. The van der Waals surface area contributed by atoms with Crippen LogP contribution in [0.2, 0.25) is 0 Å². The van der Waals surface area contributed by atoms with Gasteiger partial charge in [0.15, 0.2) is 0 Å². The number of aryl methyl sites for hydroxylation is 1. The Hall–Kier alpha value is -2.89. The van der Waals surface area contributed by atoms with E-state index in [1.807, 2.05) is 19.1 Å². The first kappa shape index (κ1) is 14.7. The van der Waals surface area contributed by atoms with Gasteiger partial charge in [-0.3, -0.25) is 9.55 Å². The van der Waals surface area contributed by atoms with Crippen LogP contribution >= 0.6 is 0 Å². The minimum atomic E-state index is -0.300. The van der Waals surface area contributed by atoms with Crippen LogP contribution in [0.1, 0.15) is 29.5 Å². The summed E-state index contributed by atoms with van der Waals surface area (Å²) in [6, 6.07) is 8.49. The quantitative estimate of drug-likeness (QED) is 0.777. The number of benzene rings is 1. The fourth-order valence-electron chi connectivity index (χ4n) is 3.21. The second kappa shape index (κ2) is 5.33. The van der Waals surface area contributed by atoms with Crippen molar-refractivity contribution in [2.24, 2.45) is 0 Å². The summed E-state index contributed by atoms with van der Waals surface area (Å²) in [5.41, 5.74) is 3.25. The lowest BCUT2D eigenvalue weighted by atomic mass is 10.0. The standard InChI is InChI=1S/C18H16FN3O2/c1-10-6-12(19)3-4-13(10)15-5-2-11(8-20-15)14-7-16(14)22-17(23)9-21-18(22)24/h2-6,8-9,14,16,23H,7H2,1H3,(H,21,24)/t14-,16+/m0/s1. The molecule has 122 valence electrons. The van der Waals surface area contributed by atoms with Gasteiger partial charge in [-0.05, 0) is 48.7 Å². The molecule has 0 spiro atoms. The van der Waals surface area contributed by atoms with Crippen molar-refractivity contribution in [3.8, 4) is 17.1 Å².